The molecule has 15 heavy (non-hydrogen) atoms. The summed E-state index contributed by atoms with van der Waals surface area (Å²) >= 11 is 1.25. The molecule has 0 unspecified atom stereocenters. The number of para-hydroxylation sites is 1. The molecule has 1 aromatic carbocycles. The van der Waals surface area contributed by atoms with Crippen molar-refractivity contribution in [3.8, 4) is 5.75 Å². The number of nitrogens with zero attached hydrogens (tertiary/aromatic N) is 1. The number of hydrogen-bond donors (Lipinski definition) is 1. The van der Waals surface area contributed by atoms with Gasteiger partial charge in [-0.1, -0.05) is 12.1 Å². The smallest absolute Gasteiger partial charge is 0.165 e. The van der Waals surface area contributed by atoms with Gasteiger partial charge in [0.2, 0.25) is 0 Å². The third-order valence-electron chi connectivity index (χ3n) is 1.78. The van der Waals surface area contributed by atoms with E-state index in [0.29, 0.717) is 5.82 Å². The summed E-state index contributed by atoms with van der Waals surface area (Å²) in [6, 6.07) is 7.99. The van der Waals surface area contributed by atoms with Gasteiger partial charge in [0.25, 0.3) is 0 Å². The Morgan fingerprint density at radius 1 is 1.40 bits per heavy atom. The van der Waals surface area contributed by atoms with Crippen LogP contribution in [-0.2, 0) is 6.61 Å². The molecule has 0 aliphatic carbocycles. The number of benzene rings is 1. The highest BCUT2D eigenvalue weighted by Gasteiger charge is 2.03. The molecule has 0 bridgehead atoms. The third kappa shape index (κ3) is 2.44. The van der Waals surface area contributed by atoms with Gasteiger partial charge in [-0.25, -0.2) is 4.39 Å². The predicted molar refractivity (Wildman–Crippen MR) is 57.3 cm³/mol. The van der Waals surface area contributed by atoms with Crippen LogP contribution in [0.2, 0.25) is 0 Å². The summed E-state index contributed by atoms with van der Waals surface area (Å²) in [6.45, 7) is 0.288. The lowest BCUT2D eigenvalue weighted by Crippen LogP contribution is -1.95. The van der Waals surface area contributed by atoms with Crippen molar-refractivity contribution in [1.82, 2.24) is 4.37 Å². The minimum Gasteiger partial charge on any atom is -0.485 e. The lowest BCUT2D eigenvalue weighted by Gasteiger charge is -2.04. The van der Waals surface area contributed by atoms with Crippen LogP contribution in [0.25, 0.3) is 0 Å². The number of nitrogen functional groups attached to an aromatic ring is 1. The van der Waals surface area contributed by atoms with Gasteiger partial charge in [-0.05, 0) is 29.7 Å². The Bertz CT molecular complexity index is 458. The van der Waals surface area contributed by atoms with Gasteiger partial charge in [-0.2, -0.15) is 4.37 Å². The molecule has 78 valence electrons. The van der Waals surface area contributed by atoms with Gasteiger partial charge in [-0.15, -0.1) is 0 Å². The molecule has 0 fully saturated rings. The monoisotopic (exact) mass is 224 g/mol. The van der Waals surface area contributed by atoms with E-state index in [1.165, 1.54) is 17.6 Å². The van der Waals surface area contributed by atoms with Crippen LogP contribution < -0.4 is 10.5 Å². The molecule has 0 radical (unpaired) electrons. The fourth-order valence-electron chi connectivity index (χ4n) is 1.11. The lowest BCUT2D eigenvalue weighted by atomic mass is 10.3. The van der Waals surface area contributed by atoms with Crippen LogP contribution >= 0.6 is 11.5 Å². The molecule has 2 aromatic rings. The maximum absolute atomic E-state index is 13.1. The summed E-state index contributed by atoms with van der Waals surface area (Å²) in [5.41, 5.74) is 5.45. The summed E-state index contributed by atoms with van der Waals surface area (Å²) in [5, 5.41) is 0. The molecule has 0 saturated heterocycles. The van der Waals surface area contributed by atoms with E-state index in [1.807, 2.05) is 0 Å². The fraction of sp³-hybridized carbons (Fsp3) is 0.100. The minimum absolute atomic E-state index is 0.240. The number of nitrogens with two attached hydrogens (primary N) is 1. The van der Waals surface area contributed by atoms with Crippen LogP contribution in [0.4, 0.5) is 10.2 Å². The molecule has 0 amide bonds. The van der Waals surface area contributed by atoms with Crippen LogP contribution in [0.5, 0.6) is 5.75 Å². The zero-order chi connectivity index (χ0) is 10.7. The van der Waals surface area contributed by atoms with Crippen molar-refractivity contribution in [2.24, 2.45) is 0 Å². The molecular formula is C10H9FN2OS. The van der Waals surface area contributed by atoms with Crippen LogP contribution in [0.1, 0.15) is 4.88 Å². The predicted octanol–water partition coefficient (Wildman–Crippen LogP) is 2.44. The van der Waals surface area contributed by atoms with Crippen LogP contribution in [0.15, 0.2) is 30.3 Å². The molecular weight excluding hydrogens is 215 g/mol. The van der Waals surface area contributed by atoms with Gasteiger partial charge in [-0.3, -0.25) is 0 Å². The number of ether oxygens (including phenoxy) is 1. The SMILES string of the molecule is Nc1cc(COc2ccccc2F)sn1. The number of rotatable bonds is 3. The Morgan fingerprint density at radius 3 is 2.87 bits per heavy atom. The molecule has 0 aliphatic rings. The topological polar surface area (TPSA) is 48.1 Å². The highest BCUT2D eigenvalue weighted by molar-refractivity contribution is 7.06. The van der Waals surface area contributed by atoms with E-state index in [9.17, 15) is 4.39 Å². The van der Waals surface area contributed by atoms with Crippen molar-refractivity contribution < 1.29 is 9.13 Å². The molecule has 0 spiro atoms. The molecule has 2 N–H and O–H groups in total. The summed E-state index contributed by atoms with van der Waals surface area (Å²) in [5.74, 6) is 0.339. The van der Waals surface area contributed by atoms with Gasteiger partial charge in [0.1, 0.15) is 12.4 Å². The second-order valence-electron chi connectivity index (χ2n) is 2.94. The molecule has 3 nitrogen and oxygen atoms in total. The van der Waals surface area contributed by atoms with E-state index in [-0.39, 0.29) is 18.2 Å². The van der Waals surface area contributed by atoms with Crippen molar-refractivity contribution in [3.63, 3.8) is 0 Å². The van der Waals surface area contributed by atoms with Crippen LogP contribution in [-0.4, -0.2) is 4.37 Å². The molecule has 0 atom stereocenters. The van der Waals surface area contributed by atoms with Gasteiger partial charge < -0.3 is 10.5 Å². The molecule has 2 rings (SSSR count). The first kappa shape index (κ1) is 9.92. The van der Waals surface area contributed by atoms with E-state index in [1.54, 1.807) is 24.3 Å². The first-order valence-corrected chi connectivity index (χ1v) is 5.11. The van der Waals surface area contributed by atoms with Crippen molar-refractivity contribution >= 4 is 17.4 Å². The Labute approximate surface area is 90.5 Å². The molecule has 0 saturated carbocycles. The first-order chi connectivity index (χ1) is 7.25. The molecule has 1 aromatic heterocycles. The number of aromatic nitrogens is 1. The van der Waals surface area contributed by atoms with Gasteiger partial charge in [0.05, 0.1) is 4.88 Å². The summed E-state index contributed by atoms with van der Waals surface area (Å²) in [7, 11) is 0. The average Bonchev–Trinajstić information content (AvgIpc) is 2.63. The van der Waals surface area contributed by atoms with Crippen LogP contribution in [0, 0.1) is 5.82 Å². The fourth-order valence-corrected chi connectivity index (χ4v) is 1.67. The van der Waals surface area contributed by atoms with Crippen LogP contribution in [0.3, 0.4) is 0 Å². The quantitative estimate of drug-likeness (QED) is 0.871. The molecule has 5 heteroatoms. The minimum atomic E-state index is -0.366. The largest absolute Gasteiger partial charge is 0.485 e. The van der Waals surface area contributed by atoms with E-state index in [4.69, 9.17) is 10.5 Å². The first-order valence-electron chi connectivity index (χ1n) is 4.34. The van der Waals surface area contributed by atoms with Crippen molar-refractivity contribution in [1.29, 1.82) is 0 Å². The van der Waals surface area contributed by atoms with E-state index in [2.05, 4.69) is 4.37 Å². The zero-order valence-corrected chi connectivity index (χ0v) is 8.63. The van der Waals surface area contributed by atoms with Crippen molar-refractivity contribution in [3.05, 3.63) is 41.0 Å². The average molecular weight is 224 g/mol. The summed E-state index contributed by atoms with van der Waals surface area (Å²) in [4.78, 5) is 0.871. The number of hydrogen-bond acceptors (Lipinski definition) is 4. The third-order valence-corrected chi connectivity index (χ3v) is 2.56. The van der Waals surface area contributed by atoms with Crippen molar-refractivity contribution in [2.75, 3.05) is 5.73 Å². The Morgan fingerprint density at radius 2 is 2.20 bits per heavy atom. The van der Waals surface area contributed by atoms with Crippen molar-refractivity contribution in [2.45, 2.75) is 6.61 Å². The summed E-state index contributed by atoms with van der Waals surface area (Å²) in [6.07, 6.45) is 0. The lowest BCUT2D eigenvalue weighted by molar-refractivity contribution is 0.293. The second kappa shape index (κ2) is 4.27. The van der Waals surface area contributed by atoms with Gasteiger partial charge in [0, 0.05) is 0 Å². The zero-order valence-electron chi connectivity index (χ0n) is 7.81. The Kier molecular flexibility index (Phi) is 2.82. The number of anilines is 1. The Balaban J connectivity index is 2.02. The van der Waals surface area contributed by atoms with Gasteiger partial charge >= 0.3 is 0 Å². The molecule has 0 aliphatic heterocycles. The maximum atomic E-state index is 13.1. The van der Waals surface area contributed by atoms with E-state index < -0.39 is 0 Å². The maximum Gasteiger partial charge on any atom is 0.165 e. The normalized spacial score (nSPS) is 10.2. The van der Waals surface area contributed by atoms with Gasteiger partial charge in [0.15, 0.2) is 11.6 Å². The number of halogens is 1. The Hall–Kier alpha value is -1.62. The van der Waals surface area contributed by atoms with E-state index in [0.717, 1.165) is 4.88 Å². The summed E-state index contributed by atoms with van der Waals surface area (Å²) < 4.78 is 22.3. The van der Waals surface area contributed by atoms with E-state index >= 15 is 0 Å². The highest BCUT2D eigenvalue weighted by Crippen LogP contribution is 2.19. The standard InChI is InChI=1S/C10H9FN2OS/c11-8-3-1-2-4-9(8)14-6-7-5-10(12)13-15-7/h1-5H,6H2,(H2,12,13). The second-order valence-corrected chi connectivity index (χ2v) is 3.83. The molecule has 1 heterocycles. The highest BCUT2D eigenvalue weighted by atomic mass is 32.1.